The van der Waals surface area contributed by atoms with Crippen LogP contribution in [0.25, 0.3) is 6.08 Å². The molecule has 10 heavy (non-hydrogen) atoms. The van der Waals surface area contributed by atoms with Crippen LogP contribution in [0, 0.1) is 0 Å². The maximum atomic E-state index is 10.6. The highest BCUT2D eigenvalue weighted by Gasteiger charge is 2.00. The van der Waals surface area contributed by atoms with Crippen molar-refractivity contribution < 1.29 is 5.11 Å². The molecule has 0 aliphatic heterocycles. The van der Waals surface area contributed by atoms with Gasteiger partial charge in [0.2, 0.25) is 5.88 Å². The summed E-state index contributed by atoms with van der Waals surface area (Å²) in [5, 5.41) is 8.97. The van der Waals surface area contributed by atoms with Gasteiger partial charge in [-0.2, -0.15) is 0 Å². The summed E-state index contributed by atoms with van der Waals surface area (Å²) in [4.78, 5) is 13.2. The van der Waals surface area contributed by atoms with Gasteiger partial charge in [-0.15, -0.1) is 0 Å². The second kappa shape index (κ2) is 2.70. The second-order valence-electron chi connectivity index (χ2n) is 1.73. The van der Waals surface area contributed by atoms with Gasteiger partial charge in [-0.1, -0.05) is 17.4 Å². The summed E-state index contributed by atoms with van der Waals surface area (Å²) in [7, 11) is 0. The zero-order chi connectivity index (χ0) is 7.56. The van der Waals surface area contributed by atoms with Gasteiger partial charge in [0.25, 0.3) is 0 Å². The summed E-state index contributed by atoms with van der Waals surface area (Å²) >= 11 is 0.991. The fourth-order valence-electron chi connectivity index (χ4n) is 0.596. The minimum absolute atomic E-state index is 0.0481. The van der Waals surface area contributed by atoms with E-state index in [0.29, 0.717) is 4.88 Å². The highest BCUT2D eigenvalue weighted by Crippen LogP contribution is 2.16. The van der Waals surface area contributed by atoms with Crippen molar-refractivity contribution in [2.75, 3.05) is 0 Å². The number of rotatable bonds is 1. The number of hydrogen-bond donors (Lipinski definition) is 2. The summed E-state index contributed by atoms with van der Waals surface area (Å²) in [6.45, 7) is 1.82. The minimum atomic E-state index is -0.231. The molecule has 54 valence electrons. The van der Waals surface area contributed by atoms with Gasteiger partial charge < -0.3 is 5.11 Å². The van der Waals surface area contributed by atoms with Crippen LogP contribution in [0.5, 0.6) is 5.88 Å². The molecule has 0 amide bonds. The van der Waals surface area contributed by atoms with Crippen LogP contribution < -0.4 is 4.87 Å². The third-order valence-electron chi connectivity index (χ3n) is 0.975. The van der Waals surface area contributed by atoms with Crippen molar-refractivity contribution in [1.29, 1.82) is 0 Å². The maximum absolute atomic E-state index is 10.6. The van der Waals surface area contributed by atoms with Crippen LogP contribution in [-0.2, 0) is 0 Å². The molecule has 2 N–H and O–H groups in total. The molecule has 0 unspecified atom stereocenters. The molecule has 0 atom stereocenters. The van der Waals surface area contributed by atoms with E-state index < -0.39 is 0 Å². The lowest BCUT2D eigenvalue weighted by Crippen LogP contribution is -1.89. The molecule has 1 heterocycles. The SMILES string of the molecule is C/C=C\c1sc(=O)[nH]c1O. The first-order chi connectivity index (χ1) is 4.74. The second-order valence-corrected chi connectivity index (χ2v) is 2.74. The summed E-state index contributed by atoms with van der Waals surface area (Å²) in [5.41, 5.74) is 0. The Morgan fingerprint density at radius 3 is 2.80 bits per heavy atom. The number of thiazole rings is 1. The molecular formula is C6H7NO2S. The number of aromatic nitrogens is 1. The lowest BCUT2D eigenvalue weighted by Gasteiger charge is -1.82. The van der Waals surface area contributed by atoms with Gasteiger partial charge in [-0.3, -0.25) is 9.78 Å². The molecule has 0 saturated carbocycles. The monoisotopic (exact) mass is 157 g/mol. The van der Waals surface area contributed by atoms with Gasteiger partial charge in [0.05, 0.1) is 4.88 Å². The molecule has 0 fully saturated rings. The van der Waals surface area contributed by atoms with Gasteiger partial charge in [-0.25, -0.2) is 0 Å². The molecular weight excluding hydrogens is 150 g/mol. The van der Waals surface area contributed by atoms with Crippen LogP contribution in [0.15, 0.2) is 10.9 Å². The van der Waals surface area contributed by atoms with Crippen molar-refractivity contribution in [3.63, 3.8) is 0 Å². The summed E-state index contributed by atoms with van der Waals surface area (Å²) < 4.78 is 0. The standard InChI is InChI=1S/C6H7NO2S/c1-2-3-4-5(8)7-6(9)10-4/h2-3,8H,1H3,(H,7,9)/b3-2-. The van der Waals surface area contributed by atoms with Crippen molar-refractivity contribution in [1.82, 2.24) is 4.98 Å². The average Bonchev–Trinajstić information content (AvgIpc) is 2.13. The fraction of sp³-hybridized carbons (Fsp3) is 0.167. The third-order valence-corrected chi connectivity index (χ3v) is 1.81. The lowest BCUT2D eigenvalue weighted by molar-refractivity contribution is 0.455. The van der Waals surface area contributed by atoms with Crippen LogP contribution >= 0.6 is 11.3 Å². The first-order valence-electron chi connectivity index (χ1n) is 2.79. The van der Waals surface area contributed by atoms with Crippen LogP contribution in [-0.4, -0.2) is 10.1 Å². The van der Waals surface area contributed by atoms with E-state index in [1.807, 2.05) is 6.92 Å². The molecule has 0 aromatic carbocycles. The highest BCUT2D eigenvalue weighted by molar-refractivity contribution is 7.10. The van der Waals surface area contributed by atoms with E-state index in [9.17, 15) is 4.79 Å². The number of aromatic hydroxyl groups is 1. The van der Waals surface area contributed by atoms with Gasteiger partial charge in [0.15, 0.2) is 0 Å². The average molecular weight is 157 g/mol. The summed E-state index contributed by atoms with van der Waals surface area (Å²) in [6.07, 6.45) is 3.44. The van der Waals surface area contributed by atoms with E-state index >= 15 is 0 Å². The van der Waals surface area contributed by atoms with Crippen LogP contribution in [0.4, 0.5) is 0 Å². The Morgan fingerprint density at radius 1 is 1.70 bits per heavy atom. The first kappa shape index (κ1) is 7.08. The molecule has 1 aromatic heterocycles. The van der Waals surface area contributed by atoms with Crippen molar-refractivity contribution in [2.45, 2.75) is 6.92 Å². The highest BCUT2D eigenvalue weighted by atomic mass is 32.1. The largest absolute Gasteiger partial charge is 0.493 e. The van der Waals surface area contributed by atoms with Crippen molar-refractivity contribution in [3.05, 3.63) is 20.6 Å². The molecule has 0 aliphatic carbocycles. The van der Waals surface area contributed by atoms with Gasteiger partial charge in [-0.05, 0) is 13.0 Å². The topological polar surface area (TPSA) is 53.1 Å². The maximum Gasteiger partial charge on any atom is 0.307 e. The minimum Gasteiger partial charge on any atom is -0.493 e. The Hall–Kier alpha value is -1.03. The Kier molecular flexibility index (Phi) is 1.91. The van der Waals surface area contributed by atoms with Gasteiger partial charge in [0.1, 0.15) is 0 Å². The number of H-pyrrole nitrogens is 1. The summed E-state index contributed by atoms with van der Waals surface area (Å²) in [6, 6.07) is 0. The smallest absolute Gasteiger partial charge is 0.307 e. The molecule has 0 radical (unpaired) electrons. The molecule has 0 aliphatic rings. The van der Waals surface area contributed by atoms with Crippen LogP contribution in [0.3, 0.4) is 0 Å². The zero-order valence-electron chi connectivity index (χ0n) is 5.42. The Morgan fingerprint density at radius 2 is 2.40 bits per heavy atom. The molecule has 0 spiro atoms. The molecule has 1 rings (SSSR count). The first-order valence-corrected chi connectivity index (χ1v) is 3.60. The third kappa shape index (κ3) is 1.27. The number of hydrogen-bond acceptors (Lipinski definition) is 3. The predicted molar refractivity (Wildman–Crippen MR) is 41.3 cm³/mol. The normalized spacial score (nSPS) is 10.9. The molecule has 1 aromatic rings. The number of allylic oxidation sites excluding steroid dienone is 1. The van der Waals surface area contributed by atoms with Crippen LogP contribution in [0.2, 0.25) is 0 Å². The predicted octanol–water partition coefficient (Wildman–Crippen LogP) is 1.18. The van der Waals surface area contributed by atoms with E-state index in [2.05, 4.69) is 4.98 Å². The van der Waals surface area contributed by atoms with E-state index in [4.69, 9.17) is 5.11 Å². The molecule has 0 bridgehead atoms. The zero-order valence-corrected chi connectivity index (χ0v) is 6.23. The molecule has 4 heteroatoms. The van der Waals surface area contributed by atoms with Crippen molar-refractivity contribution in [2.24, 2.45) is 0 Å². The molecule has 0 saturated heterocycles. The van der Waals surface area contributed by atoms with Gasteiger partial charge in [0, 0.05) is 0 Å². The quantitative estimate of drug-likeness (QED) is 0.643. The number of nitrogens with one attached hydrogen (secondary N) is 1. The number of aromatic amines is 1. The Bertz CT molecular complexity index is 297. The van der Waals surface area contributed by atoms with Crippen molar-refractivity contribution in [3.8, 4) is 5.88 Å². The summed E-state index contributed by atoms with van der Waals surface area (Å²) in [5.74, 6) is -0.0481. The van der Waals surface area contributed by atoms with Crippen molar-refractivity contribution >= 4 is 17.4 Å². The van der Waals surface area contributed by atoms with E-state index in [1.54, 1.807) is 12.2 Å². The Labute approximate surface area is 61.7 Å². The van der Waals surface area contributed by atoms with E-state index in [0.717, 1.165) is 11.3 Å². The van der Waals surface area contributed by atoms with E-state index in [-0.39, 0.29) is 10.8 Å². The van der Waals surface area contributed by atoms with E-state index in [1.165, 1.54) is 0 Å². The lowest BCUT2D eigenvalue weighted by atomic mass is 10.4. The molecule has 3 nitrogen and oxygen atoms in total. The van der Waals surface area contributed by atoms with Crippen LogP contribution in [0.1, 0.15) is 11.8 Å². The fourth-order valence-corrected chi connectivity index (χ4v) is 1.30. The Balaban J connectivity index is 3.15. The van der Waals surface area contributed by atoms with Gasteiger partial charge >= 0.3 is 4.87 Å².